The zero-order valence-corrected chi connectivity index (χ0v) is 13.2. The van der Waals surface area contributed by atoms with Crippen molar-refractivity contribution in [2.75, 3.05) is 6.54 Å². The van der Waals surface area contributed by atoms with Gasteiger partial charge in [-0.2, -0.15) is 0 Å². The number of nitrogens with two attached hydrogens (primary N) is 1. The molecule has 1 unspecified atom stereocenters. The van der Waals surface area contributed by atoms with E-state index in [0.717, 1.165) is 50.6 Å². The Morgan fingerprint density at radius 1 is 1.18 bits per heavy atom. The van der Waals surface area contributed by atoms with Crippen molar-refractivity contribution in [1.82, 2.24) is 5.32 Å². The first-order valence-corrected chi connectivity index (χ1v) is 8.45. The molecule has 1 aromatic rings. The molecule has 0 spiro atoms. The fourth-order valence-electron chi connectivity index (χ4n) is 2.95. The Morgan fingerprint density at radius 2 is 1.86 bits per heavy atom. The number of benzene rings is 1. The van der Waals surface area contributed by atoms with Crippen molar-refractivity contribution < 1.29 is 9.18 Å². The van der Waals surface area contributed by atoms with Crippen LogP contribution in [0.4, 0.5) is 4.39 Å². The van der Waals surface area contributed by atoms with Crippen LogP contribution in [-0.4, -0.2) is 12.5 Å². The van der Waals surface area contributed by atoms with Gasteiger partial charge in [0.25, 0.3) is 0 Å². The molecule has 0 radical (unpaired) electrons. The summed E-state index contributed by atoms with van der Waals surface area (Å²) in [4.78, 5) is 12.2. The monoisotopic (exact) mass is 306 g/mol. The number of amides is 1. The van der Waals surface area contributed by atoms with Crippen LogP contribution >= 0.6 is 0 Å². The average Bonchev–Trinajstić information content (AvgIpc) is 2.45. The molecule has 4 heteroatoms. The van der Waals surface area contributed by atoms with Crippen LogP contribution in [0.1, 0.15) is 63.0 Å². The lowest BCUT2D eigenvalue weighted by atomic mass is 9.77. The second-order valence-corrected chi connectivity index (χ2v) is 6.24. The molecule has 122 valence electrons. The number of carbonyl (C=O) groups excluding carboxylic acids is 1. The lowest BCUT2D eigenvalue weighted by molar-refractivity contribution is -0.122. The van der Waals surface area contributed by atoms with Crippen LogP contribution in [0, 0.1) is 11.7 Å². The number of rotatable bonds is 9. The van der Waals surface area contributed by atoms with E-state index in [1.807, 2.05) is 0 Å². The van der Waals surface area contributed by atoms with Crippen molar-refractivity contribution in [3.63, 3.8) is 0 Å². The van der Waals surface area contributed by atoms with E-state index in [-0.39, 0.29) is 17.8 Å². The first kappa shape index (κ1) is 16.9. The summed E-state index contributed by atoms with van der Waals surface area (Å²) in [6.45, 7) is 0.723. The smallest absolute Gasteiger partial charge is 0.220 e. The molecule has 0 heterocycles. The molecule has 1 saturated carbocycles. The summed E-state index contributed by atoms with van der Waals surface area (Å²) in [6, 6.07) is 6.56. The van der Waals surface area contributed by atoms with Gasteiger partial charge in [0.05, 0.1) is 6.04 Å². The number of unbranched alkanes of at least 4 members (excludes halogenated alkanes) is 3. The highest BCUT2D eigenvalue weighted by Gasteiger charge is 2.29. The standard InChI is InChI=1S/C18H27FN2O/c19-16-11-9-15(10-12-16)18(14-6-5-7-14)21-17(22)8-3-1-2-4-13-20/h9-12,14,18H,1-8,13,20H2,(H,21,22). The molecule has 1 aliphatic rings. The lowest BCUT2D eigenvalue weighted by Crippen LogP contribution is -2.36. The van der Waals surface area contributed by atoms with Crippen LogP contribution in [0.3, 0.4) is 0 Å². The van der Waals surface area contributed by atoms with E-state index in [2.05, 4.69) is 5.32 Å². The minimum Gasteiger partial charge on any atom is -0.349 e. The number of halogens is 1. The molecular weight excluding hydrogens is 279 g/mol. The van der Waals surface area contributed by atoms with E-state index in [9.17, 15) is 9.18 Å². The van der Waals surface area contributed by atoms with Gasteiger partial charge in [-0.3, -0.25) is 4.79 Å². The Morgan fingerprint density at radius 3 is 2.45 bits per heavy atom. The van der Waals surface area contributed by atoms with Crippen molar-refractivity contribution in [3.05, 3.63) is 35.6 Å². The van der Waals surface area contributed by atoms with Gasteiger partial charge < -0.3 is 11.1 Å². The van der Waals surface area contributed by atoms with E-state index >= 15 is 0 Å². The van der Waals surface area contributed by atoms with Crippen LogP contribution < -0.4 is 11.1 Å². The predicted molar refractivity (Wildman–Crippen MR) is 86.8 cm³/mol. The third kappa shape index (κ3) is 5.09. The number of hydrogen-bond acceptors (Lipinski definition) is 2. The summed E-state index contributed by atoms with van der Waals surface area (Å²) in [5.41, 5.74) is 6.48. The Hall–Kier alpha value is -1.42. The van der Waals surface area contributed by atoms with Gasteiger partial charge in [-0.25, -0.2) is 4.39 Å². The molecular formula is C18H27FN2O. The van der Waals surface area contributed by atoms with E-state index in [1.165, 1.54) is 18.6 Å². The Balaban J connectivity index is 1.84. The summed E-state index contributed by atoms with van der Waals surface area (Å²) in [5.74, 6) is 0.364. The Kier molecular flexibility index (Phi) is 6.84. The molecule has 0 aromatic heterocycles. The second kappa shape index (κ2) is 8.89. The van der Waals surface area contributed by atoms with Crippen LogP contribution in [0.5, 0.6) is 0 Å². The van der Waals surface area contributed by atoms with Crippen LogP contribution in [0.15, 0.2) is 24.3 Å². The number of carbonyl (C=O) groups is 1. The molecule has 0 bridgehead atoms. The highest BCUT2D eigenvalue weighted by molar-refractivity contribution is 5.76. The lowest BCUT2D eigenvalue weighted by Gasteiger charge is -2.34. The maximum absolute atomic E-state index is 13.1. The molecule has 3 N–H and O–H groups in total. The molecule has 1 aromatic carbocycles. The van der Waals surface area contributed by atoms with E-state index in [4.69, 9.17) is 5.73 Å². The van der Waals surface area contributed by atoms with Crippen LogP contribution in [-0.2, 0) is 4.79 Å². The van der Waals surface area contributed by atoms with Crippen molar-refractivity contribution in [1.29, 1.82) is 0 Å². The first-order valence-electron chi connectivity index (χ1n) is 8.45. The van der Waals surface area contributed by atoms with E-state index in [0.29, 0.717) is 12.3 Å². The van der Waals surface area contributed by atoms with Crippen molar-refractivity contribution in [3.8, 4) is 0 Å². The largest absolute Gasteiger partial charge is 0.349 e. The highest BCUT2D eigenvalue weighted by Crippen LogP contribution is 2.37. The molecule has 0 saturated heterocycles. The third-order valence-corrected chi connectivity index (χ3v) is 4.52. The minimum absolute atomic E-state index is 0.0332. The summed E-state index contributed by atoms with van der Waals surface area (Å²) in [7, 11) is 0. The fourth-order valence-corrected chi connectivity index (χ4v) is 2.95. The van der Waals surface area contributed by atoms with Gasteiger partial charge in [-0.15, -0.1) is 0 Å². The molecule has 0 aliphatic heterocycles. The SMILES string of the molecule is NCCCCCCC(=O)NC(c1ccc(F)cc1)C1CCC1. The topological polar surface area (TPSA) is 55.1 Å². The fraction of sp³-hybridized carbons (Fsp3) is 0.611. The highest BCUT2D eigenvalue weighted by atomic mass is 19.1. The van der Waals surface area contributed by atoms with E-state index in [1.54, 1.807) is 12.1 Å². The minimum atomic E-state index is -0.234. The molecule has 1 fully saturated rings. The normalized spacial score (nSPS) is 16.1. The average molecular weight is 306 g/mol. The summed E-state index contributed by atoms with van der Waals surface area (Å²) in [6.07, 6.45) is 8.14. The van der Waals surface area contributed by atoms with Crippen LogP contribution in [0.2, 0.25) is 0 Å². The number of hydrogen-bond donors (Lipinski definition) is 2. The third-order valence-electron chi connectivity index (χ3n) is 4.52. The van der Waals surface area contributed by atoms with Gasteiger partial charge in [0.1, 0.15) is 5.82 Å². The Labute approximate surface area is 132 Å². The van der Waals surface area contributed by atoms with Gasteiger partial charge >= 0.3 is 0 Å². The van der Waals surface area contributed by atoms with Gasteiger partial charge in [-0.05, 0) is 55.8 Å². The summed E-state index contributed by atoms with van der Waals surface area (Å²) >= 11 is 0. The maximum Gasteiger partial charge on any atom is 0.220 e. The van der Waals surface area contributed by atoms with Crippen LogP contribution in [0.25, 0.3) is 0 Å². The number of nitrogens with one attached hydrogen (secondary N) is 1. The summed E-state index contributed by atoms with van der Waals surface area (Å²) in [5, 5.41) is 3.16. The van der Waals surface area contributed by atoms with Crippen molar-refractivity contribution in [2.24, 2.45) is 11.7 Å². The maximum atomic E-state index is 13.1. The molecule has 1 atom stereocenters. The van der Waals surface area contributed by atoms with E-state index < -0.39 is 0 Å². The zero-order valence-electron chi connectivity index (χ0n) is 13.2. The molecule has 2 rings (SSSR count). The van der Waals surface area contributed by atoms with Crippen molar-refractivity contribution in [2.45, 2.75) is 57.4 Å². The quantitative estimate of drug-likeness (QED) is 0.684. The van der Waals surface area contributed by atoms with Gasteiger partial charge in [0.2, 0.25) is 5.91 Å². The predicted octanol–water partition coefficient (Wildman–Crippen LogP) is 3.69. The zero-order chi connectivity index (χ0) is 15.8. The molecule has 1 aliphatic carbocycles. The first-order chi connectivity index (χ1) is 10.7. The van der Waals surface area contributed by atoms with Gasteiger partial charge in [0, 0.05) is 6.42 Å². The molecule has 22 heavy (non-hydrogen) atoms. The van der Waals surface area contributed by atoms with Crippen molar-refractivity contribution >= 4 is 5.91 Å². The molecule has 1 amide bonds. The second-order valence-electron chi connectivity index (χ2n) is 6.24. The summed E-state index contributed by atoms with van der Waals surface area (Å²) < 4.78 is 13.1. The van der Waals surface area contributed by atoms with Gasteiger partial charge in [0.15, 0.2) is 0 Å². The van der Waals surface area contributed by atoms with Gasteiger partial charge in [-0.1, -0.05) is 31.4 Å². The Bertz CT molecular complexity index is 457. The molecule has 3 nitrogen and oxygen atoms in total.